The number of halogens is 2. The molecule has 0 fully saturated rings. The topological polar surface area (TPSA) is 149 Å². The monoisotopic (exact) mass is 669 g/mol. The molecule has 2 N–H and O–H groups in total. The summed E-state index contributed by atoms with van der Waals surface area (Å²) in [6.45, 7) is 0. The number of fused-ring (bicyclic) bond motifs is 2. The third kappa shape index (κ3) is 7.04. The molecule has 0 saturated heterocycles. The molecule has 0 spiro atoms. The van der Waals surface area contributed by atoms with E-state index < -0.39 is 0 Å². The Hall–Kier alpha value is -2.81. The Balaban J connectivity index is 0.000000364. The van der Waals surface area contributed by atoms with Gasteiger partial charge in [0.1, 0.15) is 11.3 Å². The van der Waals surface area contributed by atoms with Crippen molar-refractivity contribution in [1.82, 2.24) is 34.4 Å². The van der Waals surface area contributed by atoms with Gasteiger partial charge in [-0.1, -0.05) is 14.9 Å². The zero-order valence-electron chi connectivity index (χ0n) is 19.9. The number of carbonyl (C=O) groups is 1. The zero-order chi connectivity index (χ0) is 24.5. The van der Waals surface area contributed by atoms with Crippen LogP contribution in [0, 0.1) is 0 Å². The molecule has 1 amide bonds. The Kier molecular flexibility index (Phi) is 12.8. The van der Waals surface area contributed by atoms with E-state index in [1.807, 2.05) is 18.3 Å². The maximum Gasteiger partial charge on any atom is 1.00 e. The van der Waals surface area contributed by atoms with Crippen molar-refractivity contribution in [3.63, 3.8) is 0 Å². The fourth-order valence-electron chi connectivity index (χ4n) is 3.52. The SMILES string of the molecule is Brc1cnc2[nH]cc(-c3cnco3)c2c1.C.C.CN(C)C(=O)n1cc(-c2cnco2)c2cc(Br)cnc21.[Na+].[OH-]. The van der Waals surface area contributed by atoms with Crippen LogP contribution >= 0.6 is 31.9 Å². The van der Waals surface area contributed by atoms with E-state index in [9.17, 15) is 4.79 Å². The number of hydrogen-bond donors (Lipinski definition) is 1. The standard InChI is InChI=1S/C13H11BrN4O2.C10H6BrN3O.2CH4.Na.H2O/c1-17(2)13(19)18-6-10(11-5-15-7-20-11)9-3-8(14)4-16-12(9)18;11-6-1-7-8(9-4-12-5-15-9)3-14-10(7)13-2-6;;;;/h3-7H,1-2H3;1-5H,(H,13,14);2*1H4;;1H2/q;;;;+1;/p-1. The summed E-state index contributed by atoms with van der Waals surface area (Å²) in [6.07, 6.45) is 13.1. The van der Waals surface area contributed by atoms with Crippen LogP contribution in [-0.4, -0.2) is 60.0 Å². The Morgan fingerprint density at radius 2 is 1.46 bits per heavy atom. The van der Waals surface area contributed by atoms with Crippen molar-refractivity contribution >= 4 is 60.0 Å². The zero-order valence-corrected chi connectivity index (χ0v) is 25.1. The molecule has 0 saturated carbocycles. The molecule has 6 heterocycles. The molecule has 6 rings (SSSR count). The van der Waals surface area contributed by atoms with Crippen molar-refractivity contribution in [2.45, 2.75) is 14.9 Å². The van der Waals surface area contributed by atoms with Crippen LogP contribution in [0.5, 0.6) is 0 Å². The number of aromatic amines is 1. The van der Waals surface area contributed by atoms with E-state index in [4.69, 9.17) is 8.83 Å². The van der Waals surface area contributed by atoms with Crippen LogP contribution in [0.2, 0.25) is 0 Å². The summed E-state index contributed by atoms with van der Waals surface area (Å²) in [6, 6.07) is 3.73. The van der Waals surface area contributed by atoms with E-state index in [-0.39, 0.29) is 55.9 Å². The van der Waals surface area contributed by atoms with Crippen LogP contribution < -0.4 is 29.6 Å². The van der Waals surface area contributed by atoms with Crippen LogP contribution in [0.3, 0.4) is 0 Å². The predicted molar refractivity (Wildman–Crippen MR) is 152 cm³/mol. The van der Waals surface area contributed by atoms with Gasteiger partial charge in [-0.25, -0.2) is 24.7 Å². The van der Waals surface area contributed by atoms with Gasteiger partial charge in [-0.2, -0.15) is 0 Å². The van der Waals surface area contributed by atoms with Crippen molar-refractivity contribution in [2.75, 3.05) is 14.1 Å². The van der Waals surface area contributed by atoms with Crippen LogP contribution in [0.25, 0.3) is 44.7 Å². The summed E-state index contributed by atoms with van der Waals surface area (Å²) >= 11 is 6.78. The Labute approximate surface area is 263 Å². The van der Waals surface area contributed by atoms with Gasteiger partial charge in [0.15, 0.2) is 24.3 Å². The summed E-state index contributed by atoms with van der Waals surface area (Å²) in [5.41, 5.74) is 3.17. The van der Waals surface area contributed by atoms with Gasteiger partial charge in [-0.15, -0.1) is 0 Å². The number of carbonyl (C=O) groups excluding carboxylic acids is 1. The summed E-state index contributed by atoms with van der Waals surface area (Å²) in [5.74, 6) is 1.33. The van der Waals surface area contributed by atoms with E-state index in [2.05, 4.69) is 56.8 Å². The number of oxazole rings is 2. The molecule has 0 bridgehead atoms. The molecule has 11 nitrogen and oxygen atoms in total. The van der Waals surface area contributed by atoms with Crippen molar-refractivity contribution in [2.24, 2.45) is 0 Å². The van der Waals surface area contributed by atoms with E-state index >= 15 is 0 Å². The predicted octanol–water partition coefficient (Wildman–Crippen LogP) is 4.06. The summed E-state index contributed by atoms with van der Waals surface area (Å²) in [4.78, 5) is 33.2. The molecule has 39 heavy (non-hydrogen) atoms. The molecular weight excluding hydrogens is 645 g/mol. The van der Waals surface area contributed by atoms with Crippen molar-refractivity contribution in [1.29, 1.82) is 0 Å². The second kappa shape index (κ2) is 14.5. The molecule has 0 radical (unpaired) electrons. The van der Waals surface area contributed by atoms with Gasteiger partial charge in [0.25, 0.3) is 0 Å². The fourth-order valence-corrected chi connectivity index (χ4v) is 4.18. The Bertz CT molecular complexity index is 1630. The first kappa shape index (κ1) is 34.2. The number of H-pyrrole nitrogens is 1. The van der Waals surface area contributed by atoms with Crippen molar-refractivity contribution in [3.8, 4) is 22.6 Å². The molecule has 0 aliphatic carbocycles. The number of amides is 1. The second-order valence-corrected chi connectivity index (χ2v) is 9.43. The minimum Gasteiger partial charge on any atom is -0.870 e. The third-order valence-electron chi connectivity index (χ3n) is 5.09. The van der Waals surface area contributed by atoms with Crippen molar-refractivity contribution in [3.05, 3.63) is 71.0 Å². The minimum atomic E-state index is -0.171. The third-order valence-corrected chi connectivity index (χ3v) is 5.96. The van der Waals surface area contributed by atoms with Gasteiger partial charge in [-0.3, -0.25) is 4.57 Å². The molecule has 6 aromatic rings. The molecule has 0 unspecified atom stereocenters. The smallest absolute Gasteiger partial charge is 0.870 e. The molecular formula is C25H26Br2N7NaO4. The molecule has 14 heteroatoms. The second-order valence-electron chi connectivity index (χ2n) is 7.60. The fraction of sp³-hybridized carbons (Fsp3) is 0.160. The van der Waals surface area contributed by atoms with Gasteiger partial charge in [0.2, 0.25) is 0 Å². The number of aromatic nitrogens is 6. The average Bonchev–Trinajstić information content (AvgIpc) is 3.64. The maximum absolute atomic E-state index is 12.2. The van der Waals surface area contributed by atoms with Gasteiger partial charge < -0.3 is 24.2 Å². The van der Waals surface area contributed by atoms with Gasteiger partial charge in [0, 0.05) is 69.7 Å². The molecule has 0 aliphatic rings. The normalized spacial score (nSPS) is 9.85. The average molecular weight is 671 g/mol. The van der Waals surface area contributed by atoms with Crippen LogP contribution in [-0.2, 0) is 0 Å². The maximum atomic E-state index is 12.2. The molecule has 200 valence electrons. The number of rotatable bonds is 2. The van der Waals surface area contributed by atoms with Crippen LogP contribution in [0.1, 0.15) is 14.9 Å². The first-order valence-corrected chi connectivity index (χ1v) is 11.8. The van der Waals surface area contributed by atoms with Gasteiger partial charge in [-0.05, 0) is 44.0 Å². The van der Waals surface area contributed by atoms with Gasteiger partial charge >= 0.3 is 35.6 Å². The van der Waals surface area contributed by atoms with E-state index in [1.165, 1.54) is 22.3 Å². The van der Waals surface area contributed by atoms with E-state index in [0.29, 0.717) is 11.4 Å². The Morgan fingerprint density at radius 3 is 2.03 bits per heavy atom. The Morgan fingerprint density at radius 1 is 0.897 bits per heavy atom. The number of pyridine rings is 2. The quantitative estimate of drug-likeness (QED) is 0.271. The molecule has 0 aromatic carbocycles. The van der Waals surface area contributed by atoms with Crippen LogP contribution in [0.15, 0.2) is 79.9 Å². The number of nitrogens with one attached hydrogen (secondary N) is 1. The number of nitrogens with zero attached hydrogens (tertiary/aromatic N) is 6. The summed E-state index contributed by atoms with van der Waals surface area (Å²) in [7, 11) is 3.39. The van der Waals surface area contributed by atoms with Crippen LogP contribution in [0.4, 0.5) is 4.79 Å². The molecule has 6 aromatic heterocycles. The molecule has 0 atom stereocenters. The van der Waals surface area contributed by atoms with E-state index in [1.54, 1.807) is 45.1 Å². The van der Waals surface area contributed by atoms with Crippen molar-refractivity contribution < 1.29 is 48.7 Å². The largest absolute Gasteiger partial charge is 1.00 e. The summed E-state index contributed by atoms with van der Waals surface area (Å²) < 4.78 is 13.9. The summed E-state index contributed by atoms with van der Waals surface area (Å²) in [5, 5.41) is 1.84. The first-order valence-electron chi connectivity index (χ1n) is 10.2. The first-order chi connectivity index (χ1) is 16.9. The van der Waals surface area contributed by atoms with Gasteiger partial charge in [0.05, 0.1) is 12.4 Å². The van der Waals surface area contributed by atoms with E-state index in [0.717, 1.165) is 42.3 Å². The number of hydrogen-bond acceptors (Lipinski definition) is 8. The minimum absolute atomic E-state index is 0. The molecule has 0 aliphatic heterocycles.